The number of aryl methyl sites for hydroxylation is 2. The summed E-state index contributed by atoms with van der Waals surface area (Å²) in [5.41, 5.74) is 2.35. The fourth-order valence-electron chi connectivity index (χ4n) is 4.70. The fourth-order valence-corrected chi connectivity index (χ4v) is 6.63. The molecule has 0 saturated carbocycles. The van der Waals surface area contributed by atoms with E-state index in [0.29, 0.717) is 33.6 Å². The third-order valence-electron chi connectivity index (χ3n) is 7.10. The van der Waals surface area contributed by atoms with Gasteiger partial charge in [-0.05, 0) is 74.7 Å². The number of unbranched alkanes of at least 4 members (excludes halogenated alkanes) is 1. The van der Waals surface area contributed by atoms with Gasteiger partial charge in [0.25, 0.3) is 10.0 Å². The quantitative estimate of drug-likeness (QED) is 0.207. The van der Waals surface area contributed by atoms with Crippen LogP contribution in [-0.4, -0.2) is 58.5 Å². The Balaban J connectivity index is 2.12. The summed E-state index contributed by atoms with van der Waals surface area (Å²) >= 11 is 12.9. The van der Waals surface area contributed by atoms with Gasteiger partial charge >= 0.3 is 0 Å². The molecule has 0 spiro atoms. The zero-order chi connectivity index (χ0) is 32.6. The molecule has 3 rings (SSSR count). The van der Waals surface area contributed by atoms with Crippen LogP contribution in [0.1, 0.15) is 43.4 Å². The van der Waals surface area contributed by atoms with Gasteiger partial charge in [0, 0.05) is 34.8 Å². The average Bonchev–Trinajstić information content (AvgIpc) is 2.98. The number of carbonyl (C=O) groups is 2. The first-order valence-corrected chi connectivity index (χ1v) is 16.4. The lowest BCUT2D eigenvalue weighted by molar-refractivity contribution is -0.139. The maximum Gasteiger partial charge on any atom is 0.264 e. The molecule has 3 aromatic carbocycles. The summed E-state index contributed by atoms with van der Waals surface area (Å²) in [5.74, 6) is -0.433. The molecule has 0 heterocycles. The summed E-state index contributed by atoms with van der Waals surface area (Å²) in [6, 6.07) is 13.5. The van der Waals surface area contributed by atoms with Crippen LogP contribution in [-0.2, 0) is 26.2 Å². The molecule has 3 aromatic rings. The molecule has 1 atom stereocenters. The van der Waals surface area contributed by atoms with Crippen LogP contribution in [0.15, 0.2) is 59.5 Å². The van der Waals surface area contributed by atoms with Crippen LogP contribution in [0, 0.1) is 13.8 Å². The first-order valence-electron chi connectivity index (χ1n) is 14.2. The minimum atomic E-state index is -4.33. The van der Waals surface area contributed by atoms with Crippen LogP contribution in [0.3, 0.4) is 0 Å². The number of hydrogen-bond donors (Lipinski definition) is 1. The second-order valence-electron chi connectivity index (χ2n) is 10.4. The van der Waals surface area contributed by atoms with E-state index in [-0.39, 0.29) is 23.1 Å². The molecule has 0 aliphatic carbocycles. The number of amides is 2. The van der Waals surface area contributed by atoms with Crippen molar-refractivity contribution < 1.29 is 27.5 Å². The van der Waals surface area contributed by atoms with Crippen molar-refractivity contribution in [2.75, 3.05) is 31.6 Å². The number of nitrogens with one attached hydrogen (secondary N) is 1. The van der Waals surface area contributed by atoms with Crippen molar-refractivity contribution in [2.24, 2.45) is 0 Å². The highest BCUT2D eigenvalue weighted by Gasteiger charge is 2.33. The molecule has 12 heteroatoms. The van der Waals surface area contributed by atoms with Crippen LogP contribution in [0.2, 0.25) is 10.0 Å². The van der Waals surface area contributed by atoms with Crippen LogP contribution >= 0.6 is 23.2 Å². The van der Waals surface area contributed by atoms with E-state index in [4.69, 9.17) is 32.7 Å². The smallest absolute Gasteiger partial charge is 0.264 e. The zero-order valence-corrected chi connectivity index (χ0v) is 28.1. The molecule has 9 nitrogen and oxygen atoms in total. The topological polar surface area (TPSA) is 105 Å². The predicted molar refractivity (Wildman–Crippen MR) is 174 cm³/mol. The number of halogens is 2. The van der Waals surface area contributed by atoms with Gasteiger partial charge in [-0.25, -0.2) is 8.42 Å². The fraction of sp³-hybridized carbons (Fsp3) is 0.375. The van der Waals surface area contributed by atoms with Crippen molar-refractivity contribution in [1.29, 1.82) is 0 Å². The van der Waals surface area contributed by atoms with Gasteiger partial charge < -0.3 is 19.7 Å². The van der Waals surface area contributed by atoms with Gasteiger partial charge in [0.15, 0.2) is 11.5 Å². The molecular weight excluding hydrogens is 625 g/mol. The minimum Gasteiger partial charge on any atom is -0.493 e. The second-order valence-corrected chi connectivity index (χ2v) is 13.1. The number of hydrogen-bond acceptors (Lipinski definition) is 6. The largest absolute Gasteiger partial charge is 0.493 e. The molecule has 0 aromatic heterocycles. The Hall–Kier alpha value is -3.47. The molecule has 44 heavy (non-hydrogen) atoms. The van der Waals surface area contributed by atoms with E-state index in [1.54, 1.807) is 37.3 Å². The molecule has 0 fully saturated rings. The van der Waals surface area contributed by atoms with Gasteiger partial charge in [0.05, 0.1) is 24.8 Å². The lowest BCUT2D eigenvalue weighted by Gasteiger charge is -2.32. The van der Waals surface area contributed by atoms with Gasteiger partial charge in [0.2, 0.25) is 11.8 Å². The van der Waals surface area contributed by atoms with Gasteiger partial charge in [0.1, 0.15) is 12.6 Å². The van der Waals surface area contributed by atoms with Crippen molar-refractivity contribution in [1.82, 2.24) is 10.2 Å². The number of rotatable bonds is 14. The highest BCUT2D eigenvalue weighted by Crippen LogP contribution is 2.33. The standard InChI is InChI=1S/C32H39Cl2N3O6S/c1-7-8-14-35-32(39)23(4)36(19-26-27(33)10-9-11-28(26)34)31(38)20-37(24-16-21(2)15-22(3)17-24)44(40,41)25-12-13-29(42-5)30(18-25)43-6/h9-13,15-18,23H,7-8,14,19-20H2,1-6H3,(H,35,39)/t23-/m1/s1. The normalized spacial score (nSPS) is 11.9. The summed E-state index contributed by atoms with van der Waals surface area (Å²) in [7, 11) is -1.47. The Bertz CT molecular complexity index is 1560. The van der Waals surface area contributed by atoms with Crippen LogP contribution in [0.4, 0.5) is 5.69 Å². The van der Waals surface area contributed by atoms with Crippen molar-refractivity contribution in [3.05, 3.63) is 81.3 Å². The molecule has 0 aliphatic rings. The number of ether oxygens (including phenoxy) is 2. The maximum absolute atomic E-state index is 14.3. The molecule has 2 amide bonds. The van der Waals surface area contributed by atoms with Crippen LogP contribution < -0.4 is 19.1 Å². The van der Waals surface area contributed by atoms with Crippen LogP contribution in [0.5, 0.6) is 11.5 Å². The molecular formula is C32H39Cl2N3O6S. The lowest BCUT2D eigenvalue weighted by atomic mass is 10.1. The Morgan fingerprint density at radius 3 is 2.11 bits per heavy atom. The number of anilines is 1. The van der Waals surface area contributed by atoms with Crippen molar-refractivity contribution in [2.45, 2.75) is 58.0 Å². The van der Waals surface area contributed by atoms with E-state index >= 15 is 0 Å². The maximum atomic E-state index is 14.3. The minimum absolute atomic E-state index is 0.104. The third-order valence-corrected chi connectivity index (χ3v) is 9.58. The van der Waals surface area contributed by atoms with E-state index in [0.717, 1.165) is 28.3 Å². The highest BCUT2D eigenvalue weighted by molar-refractivity contribution is 7.92. The molecule has 0 bridgehead atoms. The van der Waals surface area contributed by atoms with E-state index in [2.05, 4.69) is 5.32 Å². The van der Waals surface area contributed by atoms with E-state index in [1.807, 2.05) is 26.8 Å². The molecule has 1 N–H and O–H groups in total. The third kappa shape index (κ3) is 8.37. The second kappa shape index (κ2) is 15.5. The Morgan fingerprint density at radius 2 is 1.55 bits per heavy atom. The molecule has 238 valence electrons. The summed E-state index contributed by atoms with van der Waals surface area (Å²) in [4.78, 5) is 28.6. The van der Waals surface area contributed by atoms with Crippen molar-refractivity contribution >= 4 is 50.7 Å². The molecule has 0 saturated heterocycles. The summed E-state index contributed by atoms with van der Waals surface area (Å²) < 4.78 is 40.2. The number of benzene rings is 3. The SMILES string of the molecule is CCCCNC(=O)[C@@H](C)N(Cc1c(Cl)cccc1Cl)C(=O)CN(c1cc(C)cc(C)c1)S(=O)(=O)c1ccc(OC)c(OC)c1. The Labute approximate surface area is 270 Å². The lowest BCUT2D eigenvalue weighted by Crippen LogP contribution is -2.51. The van der Waals surface area contributed by atoms with E-state index < -0.39 is 28.5 Å². The Kier molecular flexibility index (Phi) is 12.3. The number of sulfonamides is 1. The van der Waals surface area contributed by atoms with E-state index in [1.165, 1.54) is 37.3 Å². The van der Waals surface area contributed by atoms with Gasteiger partial charge in [-0.15, -0.1) is 0 Å². The van der Waals surface area contributed by atoms with Gasteiger partial charge in [-0.1, -0.05) is 48.7 Å². The Morgan fingerprint density at radius 1 is 0.932 bits per heavy atom. The summed E-state index contributed by atoms with van der Waals surface area (Å²) in [6.45, 7) is 7.00. The summed E-state index contributed by atoms with van der Waals surface area (Å²) in [5, 5.41) is 3.49. The van der Waals surface area contributed by atoms with E-state index in [9.17, 15) is 18.0 Å². The zero-order valence-electron chi connectivity index (χ0n) is 25.8. The summed E-state index contributed by atoms with van der Waals surface area (Å²) in [6.07, 6.45) is 1.65. The van der Waals surface area contributed by atoms with Crippen molar-refractivity contribution in [3.8, 4) is 11.5 Å². The van der Waals surface area contributed by atoms with Crippen LogP contribution in [0.25, 0.3) is 0 Å². The predicted octanol–water partition coefficient (Wildman–Crippen LogP) is 6.16. The van der Waals surface area contributed by atoms with Crippen molar-refractivity contribution in [3.63, 3.8) is 0 Å². The number of methoxy groups -OCH3 is 2. The molecule has 0 radical (unpaired) electrons. The number of carbonyl (C=O) groups excluding carboxylic acids is 2. The van der Waals surface area contributed by atoms with Gasteiger partial charge in [-0.2, -0.15) is 0 Å². The molecule has 0 aliphatic heterocycles. The average molecular weight is 665 g/mol. The first kappa shape index (κ1) is 35.0. The van der Waals surface area contributed by atoms with Gasteiger partial charge in [-0.3, -0.25) is 13.9 Å². The highest BCUT2D eigenvalue weighted by atomic mass is 35.5. The molecule has 0 unspecified atom stereocenters. The number of nitrogens with zero attached hydrogens (tertiary/aromatic N) is 2. The monoisotopic (exact) mass is 663 g/mol. The first-order chi connectivity index (χ1) is 20.8.